The highest BCUT2D eigenvalue weighted by atomic mass is 16.5. The van der Waals surface area contributed by atoms with Gasteiger partial charge in [-0.15, -0.1) is 0 Å². The highest BCUT2D eigenvalue weighted by molar-refractivity contribution is 5.42. The first kappa shape index (κ1) is 10.2. The molecule has 0 spiro atoms. The Bertz CT molecular complexity index is 382. The van der Waals surface area contributed by atoms with Crippen LogP contribution in [0.15, 0.2) is 18.2 Å². The highest BCUT2D eigenvalue weighted by Gasteiger charge is 2.27. The topological polar surface area (TPSA) is 21.3 Å². The first-order chi connectivity index (χ1) is 7.83. The molecule has 1 N–H and O–H groups in total. The number of hydrogen-bond acceptors (Lipinski definition) is 2. The third-order valence-electron chi connectivity index (χ3n) is 3.74. The summed E-state index contributed by atoms with van der Waals surface area (Å²) in [5, 5.41) is 3.74. The van der Waals surface area contributed by atoms with Crippen LogP contribution in [0.4, 0.5) is 0 Å². The van der Waals surface area contributed by atoms with Crippen molar-refractivity contribution >= 4 is 0 Å². The van der Waals surface area contributed by atoms with Gasteiger partial charge in [-0.05, 0) is 25.8 Å². The van der Waals surface area contributed by atoms with E-state index in [2.05, 4.69) is 30.4 Å². The van der Waals surface area contributed by atoms with E-state index >= 15 is 0 Å². The van der Waals surface area contributed by atoms with Gasteiger partial charge < -0.3 is 10.1 Å². The minimum absolute atomic E-state index is 0.415. The zero-order chi connectivity index (χ0) is 11.0. The first-order valence-electron chi connectivity index (χ1n) is 6.32. The van der Waals surface area contributed by atoms with Crippen molar-refractivity contribution in [2.24, 2.45) is 0 Å². The zero-order valence-corrected chi connectivity index (χ0v) is 9.83. The summed E-state index contributed by atoms with van der Waals surface area (Å²) in [5.74, 6) is 1.07. The van der Waals surface area contributed by atoms with Crippen molar-refractivity contribution in [2.75, 3.05) is 6.61 Å². The zero-order valence-electron chi connectivity index (χ0n) is 9.83. The van der Waals surface area contributed by atoms with Gasteiger partial charge in [-0.2, -0.15) is 0 Å². The van der Waals surface area contributed by atoms with Gasteiger partial charge >= 0.3 is 0 Å². The molecule has 86 valence electrons. The maximum Gasteiger partial charge on any atom is 0.124 e. The maximum absolute atomic E-state index is 5.71. The molecule has 0 aromatic heterocycles. The second-order valence-corrected chi connectivity index (χ2v) is 5.05. The Hall–Kier alpha value is -1.02. The van der Waals surface area contributed by atoms with Crippen LogP contribution in [-0.4, -0.2) is 12.6 Å². The Kier molecular flexibility index (Phi) is 2.60. The quantitative estimate of drug-likeness (QED) is 0.822. The Morgan fingerprint density at radius 1 is 1.25 bits per heavy atom. The van der Waals surface area contributed by atoms with Gasteiger partial charge in [-0.3, -0.25) is 0 Å². The van der Waals surface area contributed by atoms with Gasteiger partial charge in [0.25, 0.3) is 0 Å². The molecule has 1 aliphatic carbocycles. The van der Waals surface area contributed by atoms with Crippen LogP contribution >= 0.6 is 0 Å². The van der Waals surface area contributed by atoms with Crippen LogP contribution in [0.1, 0.15) is 42.9 Å². The fourth-order valence-corrected chi connectivity index (χ4v) is 2.85. The van der Waals surface area contributed by atoms with Gasteiger partial charge in [0.15, 0.2) is 0 Å². The molecule has 0 bridgehead atoms. The van der Waals surface area contributed by atoms with E-state index in [-0.39, 0.29) is 0 Å². The average Bonchev–Trinajstić information content (AvgIpc) is 2.90. The third kappa shape index (κ3) is 1.82. The van der Waals surface area contributed by atoms with Gasteiger partial charge in [-0.1, -0.05) is 30.5 Å². The molecular weight excluding hydrogens is 198 g/mol. The summed E-state index contributed by atoms with van der Waals surface area (Å²) in [7, 11) is 0. The minimum Gasteiger partial charge on any atom is -0.491 e. The van der Waals surface area contributed by atoms with Crippen molar-refractivity contribution in [3.8, 4) is 5.75 Å². The van der Waals surface area contributed by atoms with Gasteiger partial charge in [-0.25, -0.2) is 0 Å². The standard InChI is InChI=1S/C14H19NO/c1-10-6-7-14-12(8-10)13(9-16-14)15-11-4-2-3-5-11/h6-8,11,13,15H,2-5,9H2,1H3. The lowest BCUT2D eigenvalue weighted by atomic mass is 10.0. The molecule has 1 aromatic carbocycles. The molecule has 2 aliphatic rings. The largest absolute Gasteiger partial charge is 0.491 e. The second kappa shape index (κ2) is 4.10. The van der Waals surface area contributed by atoms with E-state index in [0.29, 0.717) is 12.1 Å². The lowest BCUT2D eigenvalue weighted by Crippen LogP contribution is -2.31. The SMILES string of the molecule is Cc1ccc2c(c1)C(NC1CCCC1)CO2. The van der Waals surface area contributed by atoms with Gasteiger partial charge in [0.2, 0.25) is 0 Å². The molecule has 1 fully saturated rings. The van der Waals surface area contributed by atoms with Crippen LogP contribution in [0.3, 0.4) is 0 Å². The molecule has 2 heteroatoms. The van der Waals surface area contributed by atoms with Crippen molar-refractivity contribution in [3.63, 3.8) is 0 Å². The summed E-state index contributed by atoms with van der Waals surface area (Å²) in [5.41, 5.74) is 2.68. The smallest absolute Gasteiger partial charge is 0.124 e. The molecular formula is C14H19NO. The van der Waals surface area contributed by atoms with E-state index in [1.165, 1.54) is 36.8 Å². The molecule has 1 aromatic rings. The number of aryl methyl sites for hydroxylation is 1. The van der Waals surface area contributed by atoms with E-state index in [4.69, 9.17) is 4.74 Å². The van der Waals surface area contributed by atoms with E-state index in [1.54, 1.807) is 0 Å². The van der Waals surface area contributed by atoms with Crippen LogP contribution in [0.2, 0.25) is 0 Å². The predicted octanol–water partition coefficient (Wildman–Crippen LogP) is 2.96. The van der Waals surface area contributed by atoms with E-state index in [1.807, 2.05) is 0 Å². The Labute approximate surface area is 97.0 Å². The lowest BCUT2D eigenvalue weighted by molar-refractivity contribution is 0.297. The fraction of sp³-hybridized carbons (Fsp3) is 0.571. The Morgan fingerprint density at radius 2 is 2.06 bits per heavy atom. The number of rotatable bonds is 2. The van der Waals surface area contributed by atoms with Crippen LogP contribution in [0.5, 0.6) is 5.75 Å². The molecule has 3 rings (SSSR count). The van der Waals surface area contributed by atoms with Crippen molar-refractivity contribution in [2.45, 2.75) is 44.7 Å². The molecule has 0 radical (unpaired) electrons. The highest BCUT2D eigenvalue weighted by Crippen LogP contribution is 2.34. The van der Waals surface area contributed by atoms with E-state index in [0.717, 1.165) is 12.4 Å². The number of benzene rings is 1. The number of fused-ring (bicyclic) bond motifs is 1. The fourth-order valence-electron chi connectivity index (χ4n) is 2.85. The van der Waals surface area contributed by atoms with Crippen molar-refractivity contribution < 1.29 is 4.74 Å². The summed E-state index contributed by atoms with van der Waals surface area (Å²) < 4.78 is 5.71. The minimum atomic E-state index is 0.415. The van der Waals surface area contributed by atoms with Gasteiger partial charge in [0.05, 0.1) is 6.04 Å². The van der Waals surface area contributed by atoms with Gasteiger partial charge in [0.1, 0.15) is 12.4 Å². The molecule has 0 saturated heterocycles. The predicted molar refractivity (Wildman–Crippen MR) is 64.8 cm³/mol. The number of ether oxygens (including phenoxy) is 1. The summed E-state index contributed by atoms with van der Waals surface area (Å²) in [6.45, 7) is 2.94. The summed E-state index contributed by atoms with van der Waals surface area (Å²) in [6.07, 6.45) is 5.42. The number of hydrogen-bond donors (Lipinski definition) is 1. The summed E-state index contributed by atoms with van der Waals surface area (Å²) >= 11 is 0. The van der Waals surface area contributed by atoms with Crippen molar-refractivity contribution in [1.82, 2.24) is 5.32 Å². The van der Waals surface area contributed by atoms with E-state index in [9.17, 15) is 0 Å². The van der Waals surface area contributed by atoms with Crippen LogP contribution in [0, 0.1) is 6.92 Å². The first-order valence-corrected chi connectivity index (χ1v) is 6.32. The van der Waals surface area contributed by atoms with Crippen LogP contribution in [0.25, 0.3) is 0 Å². The molecule has 1 unspecified atom stereocenters. The van der Waals surface area contributed by atoms with Crippen LogP contribution < -0.4 is 10.1 Å². The van der Waals surface area contributed by atoms with Crippen molar-refractivity contribution in [3.05, 3.63) is 29.3 Å². The third-order valence-corrected chi connectivity index (χ3v) is 3.74. The summed E-state index contributed by atoms with van der Waals surface area (Å²) in [6, 6.07) is 7.60. The molecule has 2 nitrogen and oxygen atoms in total. The molecule has 1 aliphatic heterocycles. The maximum atomic E-state index is 5.71. The average molecular weight is 217 g/mol. The normalized spacial score (nSPS) is 24.4. The molecule has 0 amide bonds. The van der Waals surface area contributed by atoms with E-state index < -0.39 is 0 Å². The Morgan fingerprint density at radius 3 is 2.88 bits per heavy atom. The monoisotopic (exact) mass is 217 g/mol. The second-order valence-electron chi connectivity index (χ2n) is 5.05. The molecule has 16 heavy (non-hydrogen) atoms. The lowest BCUT2D eigenvalue weighted by Gasteiger charge is -2.17. The molecule has 1 heterocycles. The van der Waals surface area contributed by atoms with Gasteiger partial charge in [0, 0.05) is 11.6 Å². The Balaban J connectivity index is 1.77. The number of nitrogens with one attached hydrogen (secondary N) is 1. The van der Waals surface area contributed by atoms with Crippen LogP contribution in [-0.2, 0) is 0 Å². The summed E-state index contributed by atoms with van der Waals surface area (Å²) in [4.78, 5) is 0. The molecule has 1 atom stereocenters. The molecule has 1 saturated carbocycles. The van der Waals surface area contributed by atoms with Crippen molar-refractivity contribution in [1.29, 1.82) is 0 Å².